The van der Waals surface area contributed by atoms with Gasteiger partial charge >= 0.3 is 0 Å². The minimum atomic E-state index is -0.351. The monoisotopic (exact) mass is 265 g/mol. The second-order valence-corrected chi connectivity index (χ2v) is 4.32. The van der Waals surface area contributed by atoms with Crippen molar-refractivity contribution in [3.05, 3.63) is 46.7 Å². The molecule has 1 atom stereocenters. The highest BCUT2D eigenvalue weighted by molar-refractivity contribution is 6.31. The molecule has 1 aromatic heterocycles. The largest absolute Gasteiger partial charge is 0.493 e. The number of aryl methyl sites for hydroxylation is 1. The summed E-state index contributed by atoms with van der Waals surface area (Å²) in [5.41, 5.74) is 8.00. The number of nitrogens with zero attached hydrogens (tertiary/aromatic N) is 2. The van der Waals surface area contributed by atoms with Crippen LogP contribution in [0.3, 0.4) is 0 Å². The second-order valence-electron chi connectivity index (χ2n) is 3.91. The minimum absolute atomic E-state index is 0.351. The number of rotatable bonds is 4. The van der Waals surface area contributed by atoms with Crippen LogP contribution in [0.2, 0.25) is 5.02 Å². The highest BCUT2D eigenvalue weighted by Crippen LogP contribution is 2.31. The predicted molar refractivity (Wildman–Crippen MR) is 71.9 cm³/mol. The first kappa shape index (κ1) is 12.9. The number of aromatic nitrogens is 2. The van der Waals surface area contributed by atoms with Crippen molar-refractivity contribution in [3.63, 3.8) is 0 Å². The fourth-order valence-corrected chi connectivity index (χ4v) is 2.23. The molecule has 0 aliphatic rings. The SMILES string of the molecule is CCn1ncc(OC)c1C(N)c1ccccc1Cl. The molecule has 1 unspecified atom stereocenters. The van der Waals surface area contributed by atoms with Crippen LogP contribution >= 0.6 is 11.6 Å². The van der Waals surface area contributed by atoms with E-state index in [1.807, 2.05) is 35.9 Å². The average molecular weight is 266 g/mol. The van der Waals surface area contributed by atoms with Crippen molar-refractivity contribution in [1.82, 2.24) is 9.78 Å². The molecular formula is C13H16ClN3O. The number of halogens is 1. The van der Waals surface area contributed by atoms with Crippen LogP contribution in [0.5, 0.6) is 5.75 Å². The van der Waals surface area contributed by atoms with Gasteiger partial charge in [-0.2, -0.15) is 5.10 Å². The summed E-state index contributed by atoms with van der Waals surface area (Å²) in [4.78, 5) is 0. The third kappa shape index (κ3) is 2.21. The maximum Gasteiger partial charge on any atom is 0.161 e. The van der Waals surface area contributed by atoms with Gasteiger partial charge in [0.15, 0.2) is 5.75 Å². The van der Waals surface area contributed by atoms with Gasteiger partial charge < -0.3 is 10.5 Å². The fourth-order valence-electron chi connectivity index (χ4n) is 1.98. The van der Waals surface area contributed by atoms with Gasteiger partial charge in [0, 0.05) is 11.6 Å². The lowest BCUT2D eigenvalue weighted by atomic mass is 10.0. The Hall–Kier alpha value is -1.52. The Morgan fingerprint density at radius 2 is 2.17 bits per heavy atom. The third-order valence-corrected chi connectivity index (χ3v) is 3.24. The van der Waals surface area contributed by atoms with Gasteiger partial charge in [0.25, 0.3) is 0 Å². The molecule has 0 saturated heterocycles. The van der Waals surface area contributed by atoms with Crippen molar-refractivity contribution in [2.45, 2.75) is 19.5 Å². The van der Waals surface area contributed by atoms with E-state index in [-0.39, 0.29) is 6.04 Å². The van der Waals surface area contributed by atoms with E-state index in [0.29, 0.717) is 10.8 Å². The molecular weight excluding hydrogens is 250 g/mol. The molecule has 0 aliphatic heterocycles. The van der Waals surface area contributed by atoms with Gasteiger partial charge in [-0.3, -0.25) is 4.68 Å². The summed E-state index contributed by atoms with van der Waals surface area (Å²) in [5.74, 6) is 0.685. The van der Waals surface area contributed by atoms with Crippen LogP contribution in [-0.2, 0) is 6.54 Å². The lowest BCUT2D eigenvalue weighted by Gasteiger charge is -2.16. The van der Waals surface area contributed by atoms with Crippen LogP contribution in [-0.4, -0.2) is 16.9 Å². The topological polar surface area (TPSA) is 53.1 Å². The minimum Gasteiger partial charge on any atom is -0.493 e. The molecule has 0 saturated carbocycles. The van der Waals surface area contributed by atoms with Gasteiger partial charge in [0.05, 0.1) is 19.3 Å². The second kappa shape index (κ2) is 5.42. The molecule has 1 aromatic carbocycles. The van der Waals surface area contributed by atoms with Gasteiger partial charge in [0.2, 0.25) is 0 Å². The number of methoxy groups -OCH3 is 1. The van der Waals surface area contributed by atoms with E-state index in [1.165, 1.54) is 0 Å². The molecule has 4 nitrogen and oxygen atoms in total. The Balaban J connectivity index is 2.48. The molecule has 0 radical (unpaired) electrons. The Labute approximate surface area is 111 Å². The van der Waals surface area contributed by atoms with Crippen molar-refractivity contribution < 1.29 is 4.74 Å². The number of ether oxygens (including phenoxy) is 1. The summed E-state index contributed by atoms with van der Waals surface area (Å²) in [6.07, 6.45) is 1.68. The van der Waals surface area contributed by atoms with E-state index < -0.39 is 0 Å². The van der Waals surface area contributed by atoms with Crippen LogP contribution < -0.4 is 10.5 Å². The Morgan fingerprint density at radius 1 is 1.44 bits per heavy atom. The van der Waals surface area contributed by atoms with E-state index in [9.17, 15) is 0 Å². The Morgan fingerprint density at radius 3 is 2.78 bits per heavy atom. The van der Waals surface area contributed by atoms with Crippen molar-refractivity contribution in [3.8, 4) is 5.75 Å². The van der Waals surface area contributed by atoms with E-state index in [1.54, 1.807) is 13.3 Å². The smallest absolute Gasteiger partial charge is 0.161 e. The van der Waals surface area contributed by atoms with Crippen LogP contribution in [0.4, 0.5) is 0 Å². The highest BCUT2D eigenvalue weighted by Gasteiger charge is 2.21. The fraction of sp³-hybridized carbons (Fsp3) is 0.308. The van der Waals surface area contributed by atoms with E-state index in [2.05, 4.69) is 5.10 Å². The summed E-state index contributed by atoms with van der Waals surface area (Å²) in [5, 5.41) is 4.90. The predicted octanol–water partition coefficient (Wildman–Crippen LogP) is 2.61. The van der Waals surface area contributed by atoms with Crippen molar-refractivity contribution in [2.75, 3.05) is 7.11 Å². The molecule has 2 rings (SSSR count). The van der Waals surface area contributed by atoms with E-state index in [0.717, 1.165) is 17.8 Å². The van der Waals surface area contributed by atoms with Crippen LogP contribution in [0, 0.1) is 0 Å². The van der Waals surface area contributed by atoms with Crippen LogP contribution in [0.1, 0.15) is 24.2 Å². The first-order valence-corrected chi connectivity index (χ1v) is 6.16. The van der Waals surface area contributed by atoms with Gasteiger partial charge in [-0.25, -0.2) is 0 Å². The molecule has 0 fully saturated rings. The summed E-state index contributed by atoms with van der Waals surface area (Å²) in [6, 6.07) is 7.19. The maximum atomic E-state index is 6.29. The number of benzene rings is 1. The van der Waals surface area contributed by atoms with Crippen molar-refractivity contribution >= 4 is 11.6 Å². The van der Waals surface area contributed by atoms with Gasteiger partial charge in [0.1, 0.15) is 5.69 Å². The van der Waals surface area contributed by atoms with Crippen molar-refractivity contribution in [2.24, 2.45) is 5.73 Å². The van der Waals surface area contributed by atoms with Crippen LogP contribution in [0.15, 0.2) is 30.5 Å². The molecule has 2 aromatic rings. The van der Waals surface area contributed by atoms with E-state index in [4.69, 9.17) is 22.1 Å². The summed E-state index contributed by atoms with van der Waals surface area (Å²) < 4.78 is 7.13. The molecule has 5 heteroatoms. The van der Waals surface area contributed by atoms with Gasteiger partial charge in [-0.1, -0.05) is 29.8 Å². The van der Waals surface area contributed by atoms with Gasteiger partial charge in [-0.15, -0.1) is 0 Å². The lowest BCUT2D eigenvalue weighted by molar-refractivity contribution is 0.404. The summed E-state index contributed by atoms with van der Waals surface area (Å²) in [6.45, 7) is 2.74. The summed E-state index contributed by atoms with van der Waals surface area (Å²) >= 11 is 6.18. The molecule has 2 N–H and O–H groups in total. The molecule has 18 heavy (non-hydrogen) atoms. The zero-order valence-electron chi connectivity index (χ0n) is 10.4. The third-order valence-electron chi connectivity index (χ3n) is 2.90. The van der Waals surface area contributed by atoms with Crippen molar-refractivity contribution in [1.29, 1.82) is 0 Å². The number of hydrogen-bond acceptors (Lipinski definition) is 3. The first-order valence-electron chi connectivity index (χ1n) is 5.78. The standard InChI is InChI=1S/C13H16ClN3O/c1-3-17-13(11(18-2)8-16-17)12(15)9-6-4-5-7-10(9)14/h4-8,12H,3,15H2,1-2H3. The quantitative estimate of drug-likeness (QED) is 0.925. The highest BCUT2D eigenvalue weighted by atomic mass is 35.5. The van der Waals surface area contributed by atoms with Crippen LogP contribution in [0.25, 0.3) is 0 Å². The zero-order valence-corrected chi connectivity index (χ0v) is 11.2. The zero-order chi connectivity index (χ0) is 13.1. The molecule has 0 spiro atoms. The molecule has 0 aliphatic carbocycles. The van der Waals surface area contributed by atoms with E-state index >= 15 is 0 Å². The Kier molecular flexibility index (Phi) is 3.89. The average Bonchev–Trinajstić information content (AvgIpc) is 2.81. The lowest BCUT2D eigenvalue weighted by Crippen LogP contribution is -2.18. The van der Waals surface area contributed by atoms with Gasteiger partial charge in [-0.05, 0) is 18.6 Å². The first-order chi connectivity index (χ1) is 8.69. The normalized spacial score (nSPS) is 12.4. The summed E-state index contributed by atoms with van der Waals surface area (Å²) in [7, 11) is 1.61. The molecule has 0 amide bonds. The molecule has 96 valence electrons. The number of nitrogens with two attached hydrogens (primary N) is 1. The number of hydrogen-bond donors (Lipinski definition) is 1. The molecule has 0 bridgehead atoms. The molecule has 1 heterocycles. The maximum absolute atomic E-state index is 6.29. The Bertz CT molecular complexity index is 517.